The standard InChI is InChI=1S/C15H19N5O3/c1-17-15(21)10-19-6-4-12(5-7-19)18-13-2-3-14(20(22)23)11(8-13)9-16/h2-3,8,12,18H,4-7,10H2,1H3,(H,17,21). The van der Waals surface area contributed by atoms with Gasteiger partial charge >= 0.3 is 0 Å². The van der Waals surface area contributed by atoms with E-state index in [2.05, 4.69) is 15.5 Å². The molecule has 2 rings (SSSR count). The van der Waals surface area contributed by atoms with Crippen molar-refractivity contribution in [3.05, 3.63) is 33.9 Å². The number of rotatable bonds is 5. The topological polar surface area (TPSA) is 111 Å². The van der Waals surface area contributed by atoms with Crippen molar-refractivity contribution in [2.75, 3.05) is 32.0 Å². The van der Waals surface area contributed by atoms with Crippen LogP contribution in [0, 0.1) is 21.4 Å². The summed E-state index contributed by atoms with van der Waals surface area (Å²) in [5, 5.41) is 25.8. The molecule has 1 fully saturated rings. The molecule has 0 atom stereocenters. The highest BCUT2D eigenvalue weighted by atomic mass is 16.6. The first-order valence-corrected chi connectivity index (χ1v) is 7.41. The van der Waals surface area contributed by atoms with Crippen molar-refractivity contribution >= 4 is 17.3 Å². The lowest BCUT2D eigenvalue weighted by Gasteiger charge is -2.32. The molecule has 122 valence electrons. The van der Waals surface area contributed by atoms with Crippen LogP contribution in [0.25, 0.3) is 0 Å². The molecule has 0 unspecified atom stereocenters. The second-order valence-corrected chi connectivity index (χ2v) is 5.47. The van der Waals surface area contributed by atoms with Crippen LogP contribution in [-0.4, -0.2) is 48.5 Å². The molecule has 0 aromatic heterocycles. The largest absolute Gasteiger partial charge is 0.382 e. The molecule has 1 aromatic rings. The number of nitrogens with one attached hydrogen (secondary N) is 2. The van der Waals surface area contributed by atoms with Crippen LogP contribution in [0.3, 0.4) is 0 Å². The van der Waals surface area contributed by atoms with Gasteiger partial charge in [-0.25, -0.2) is 0 Å². The number of amides is 1. The number of piperidine rings is 1. The molecule has 0 spiro atoms. The zero-order valence-corrected chi connectivity index (χ0v) is 12.9. The number of hydrogen-bond acceptors (Lipinski definition) is 6. The van der Waals surface area contributed by atoms with Gasteiger partial charge in [0.1, 0.15) is 11.6 Å². The van der Waals surface area contributed by atoms with Crippen molar-refractivity contribution in [1.82, 2.24) is 10.2 Å². The van der Waals surface area contributed by atoms with Crippen molar-refractivity contribution in [1.29, 1.82) is 5.26 Å². The van der Waals surface area contributed by atoms with E-state index in [0.29, 0.717) is 12.2 Å². The molecule has 23 heavy (non-hydrogen) atoms. The average molecular weight is 317 g/mol. The summed E-state index contributed by atoms with van der Waals surface area (Å²) in [7, 11) is 1.62. The maximum Gasteiger partial charge on any atom is 0.287 e. The summed E-state index contributed by atoms with van der Waals surface area (Å²) in [5.41, 5.74) is 0.576. The molecular weight excluding hydrogens is 298 g/mol. The van der Waals surface area contributed by atoms with Gasteiger partial charge in [0.15, 0.2) is 0 Å². The Kier molecular flexibility index (Phi) is 5.49. The Morgan fingerprint density at radius 1 is 1.48 bits per heavy atom. The summed E-state index contributed by atoms with van der Waals surface area (Å²) < 4.78 is 0. The Hall–Kier alpha value is -2.66. The Bertz CT molecular complexity index is 632. The summed E-state index contributed by atoms with van der Waals surface area (Å²) in [6, 6.07) is 6.56. The third kappa shape index (κ3) is 4.40. The molecule has 1 aliphatic rings. The molecule has 8 nitrogen and oxygen atoms in total. The van der Waals surface area contributed by atoms with Gasteiger partial charge in [0.05, 0.1) is 11.5 Å². The van der Waals surface area contributed by atoms with Crippen molar-refractivity contribution < 1.29 is 9.72 Å². The number of nitriles is 1. The van der Waals surface area contributed by atoms with Crippen molar-refractivity contribution in [2.24, 2.45) is 0 Å². The SMILES string of the molecule is CNC(=O)CN1CCC(Nc2ccc([N+](=O)[O-])c(C#N)c2)CC1. The van der Waals surface area contributed by atoms with E-state index < -0.39 is 4.92 Å². The zero-order valence-electron chi connectivity index (χ0n) is 12.9. The molecule has 1 amide bonds. The second kappa shape index (κ2) is 7.56. The van der Waals surface area contributed by atoms with Crippen LogP contribution in [0.4, 0.5) is 11.4 Å². The fourth-order valence-electron chi connectivity index (χ4n) is 2.63. The first kappa shape index (κ1) is 16.7. The van der Waals surface area contributed by atoms with Gasteiger partial charge in [-0.2, -0.15) is 5.26 Å². The molecule has 0 aliphatic carbocycles. The summed E-state index contributed by atoms with van der Waals surface area (Å²) in [6.45, 7) is 2.02. The lowest BCUT2D eigenvalue weighted by Crippen LogP contribution is -2.43. The maximum absolute atomic E-state index is 11.4. The van der Waals surface area contributed by atoms with E-state index in [0.717, 1.165) is 25.9 Å². The first-order valence-electron chi connectivity index (χ1n) is 7.41. The van der Waals surface area contributed by atoms with Crippen molar-refractivity contribution in [2.45, 2.75) is 18.9 Å². The number of benzene rings is 1. The monoisotopic (exact) mass is 317 g/mol. The molecule has 0 radical (unpaired) electrons. The quantitative estimate of drug-likeness (QED) is 0.621. The minimum Gasteiger partial charge on any atom is -0.382 e. The molecule has 1 saturated heterocycles. The van der Waals surface area contributed by atoms with Gasteiger partial charge in [0, 0.05) is 37.9 Å². The number of carbonyl (C=O) groups is 1. The lowest BCUT2D eigenvalue weighted by atomic mass is 10.0. The molecule has 8 heteroatoms. The molecule has 1 aliphatic heterocycles. The highest BCUT2D eigenvalue weighted by Crippen LogP contribution is 2.23. The Morgan fingerprint density at radius 3 is 2.74 bits per heavy atom. The first-order chi connectivity index (χ1) is 11.0. The Labute approximate surface area is 134 Å². The van der Waals surface area contributed by atoms with E-state index in [-0.39, 0.29) is 23.2 Å². The number of nitro benzene ring substituents is 1. The number of hydrogen-bond donors (Lipinski definition) is 2. The number of likely N-dealkylation sites (tertiary alicyclic amines) is 1. The van der Waals surface area contributed by atoms with Gasteiger partial charge in [-0.3, -0.25) is 19.8 Å². The highest BCUT2D eigenvalue weighted by molar-refractivity contribution is 5.77. The summed E-state index contributed by atoms with van der Waals surface area (Å²) in [5.74, 6) is 0.00504. The van der Waals surface area contributed by atoms with Crippen LogP contribution in [0.5, 0.6) is 0 Å². The van der Waals surface area contributed by atoms with Crippen LogP contribution in [0.15, 0.2) is 18.2 Å². The molecule has 1 heterocycles. The number of nitro groups is 1. The smallest absolute Gasteiger partial charge is 0.287 e. The summed E-state index contributed by atoms with van der Waals surface area (Å²) in [6.07, 6.45) is 1.74. The molecule has 0 bridgehead atoms. The van der Waals surface area contributed by atoms with Gasteiger partial charge in [-0.15, -0.1) is 0 Å². The fraction of sp³-hybridized carbons (Fsp3) is 0.467. The van der Waals surface area contributed by atoms with Crippen LogP contribution in [0.1, 0.15) is 18.4 Å². The van der Waals surface area contributed by atoms with E-state index in [1.807, 2.05) is 6.07 Å². The maximum atomic E-state index is 11.4. The van der Waals surface area contributed by atoms with Gasteiger partial charge < -0.3 is 10.6 Å². The van der Waals surface area contributed by atoms with E-state index in [9.17, 15) is 14.9 Å². The third-order valence-electron chi connectivity index (χ3n) is 3.92. The van der Waals surface area contributed by atoms with Crippen LogP contribution in [0.2, 0.25) is 0 Å². The Balaban J connectivity index is 1.93. The highest BCUT2D eigenvalue weighted by Gasteiger charge is 2.21. The fourth-order valence-corrected chi connectivity index (χ4v) is 2.63. The normalized spacial score (nSPS) is 15.7. The van der Waals surface area contributed by atoms with Crippen LogP contribution < -0.4 is 10.6 Å². The lowest BCUT2D eigenvalue weighted by molar-refractivity contribution is -0.385. The van der Waals surface area contributed by atoms with E-state index >= 15 is 0 Å². The number of carbonyl (C=O) groups excluding carboxylic acids is 1. The van der Waals surface area contributed by atoms with Gasteiger partial charge in [0.2, 0.25) is 5.91 Å². The minimum absolute atomic E-state index is 0.00504. The Morgan fingerprint density at radius 2 is 2.17 bits per heavy atom. The van der Waals surface area contributed by atoms with E-state index in [1.54, 1.807) is 13.1 Å². The number of anilines is 1. The van der Waals surface area contributed by atoms with Crippen molar-refractivity contribution in [3.63, 3.8) is 0 Å². The molecule has 0 saturated carbocycles. The van der Waals surface area contributed by atoms with Gasteiger partial charge in [-0.1, -0.05) is 0 Å². The summed E-state index contributed by atoms with van der Waals surface area (Å²) >= 11 is 0. The van der Waals surface area contributed by atoms with Gasteiger partial charge in [0.25, 0.3) is 5.69 Å². The second-order valence-electron chi connectivity index (χ2n) is 5.47. The molecular formula is C15H19N5O3. The number of nitrogens with zero attached hydrogens (tertiary/aromatic N) is 3. The van der Waals surface area contributed by atoms with Crippen LogP contribution >= 0.6 is 0 Å². The van der Waals surface area contributed by atoms with Crippen LogP contribution in [-0.2, 0) is 4.79 Å². The zero-order chi connectivity index (χ0) is 16.8. The predicted octanol–water partition coefficient (Wildman–Crippen LogP) is 1.09. The third-order valence-corrected chi connectivity index (χ3v) is 3.92. The van der Waals surface area contributed by atoms with E-state index in [4.69, 9.17) is 5.26 Å². The van der Waals surface area contributed by atoms with E-state index in [1.165, 1.54) is 12.1 Å². The average Bonchev–Trinajstić information content (AvgIpc) is 2.56. The minimum atomic E-state index is -0.556. The predicted molar refractivity (Wildman–Crippen MR) is 85.0 cm³/mol. The summed E-state index contributed by atoms with van der Waals surface area (Å²) in [4.78, 5) is 23.7. The molecule has 2 N–H and O–H groups in total. The number of likely N-dealkylation sites (N-methyl/N-ethyl adjacent to an activating group) is 1. The van der Waals surface area contributed by atoms with Gasteiger partial charge in [-0.05, 0) is 25.0 Å². The molecule has 1 aromatic carbocycles. The van der Waals surface area contributed by atoms with Crippen molar-refractivity contribution in [3.8, 4) is 6.07 Å².